The van der Waals surface area contributed by atoms with Crippen molar-refractivity contribution in [3.05, 3.63) is 0 Å². The monoisotopic (exact) mass is 130 g/mol. The van der Waals surface area contributed by atoms with E-state index < -0.39 is 0 Å². The van der Waals surface area contributed by atoms with E-state index in [2.05, 4.69) is 38.3 Å². The lowest BCUT2D eigenvalue weighted by atomic mass is 10.1. The molecule has 0 aliphatic carbocycles. The molecule has 2 heteroatoms. The molecule has 2 nitrogen and oxygen atoms in total. The summed E-state index contributed by atoms with van der Waals surface area (Å²) in [6.07, 6.45) is 0. The van der Waals surface area contributed by atoms with Gasteiger partial charge in [-0.05, 0) is 27.3 Å². The lowest BCUT2D eigenvalue weighted by molar-refractivity contribution is 0.407. The zero-order valence-electron chi connectivity index (χ0n) is 6.91. The van der Waals surface area contributed by atoms with Gasteiger partial charge in [0.25, 0.3) is 0 Å². The number of rotatable bonds is 3. The average molecular weight is 130 g/mol. The molecule has 0 aliphatic heterocycles. The van der Waals surface area contributed by atoms with Crippen LogP contribution in [0, 0.1) is 0 Å². The molecule has 2 N–H and O–H groups in total. The first-order chi connectivity index (χ1) is 4.06. The van der Waals surface area contributed by atoms with Crippen molar-refractivity contribution >= 4 is 0 Å². The van der Waals surface area contributed by atoms with Gasteiger partial charge in [-0.2, -0.15) is 0 Å². The molecule has 0 amide bonds. The first kappa shape index (κ1) is 8.92. The van der Waals surface area contributed by atoms with Crippen molar-refractivity contribution in [3.63, 3.8) is 0 Å². The highest BCUT2D eigenvalue weighted by molar-refractivity contribution is 4.68. The quantitative estimate of drug-likeness (QED) is 0.439. The molecule has 0 fully saturated rings. The van der Waals surface area contributed by atoms with E-state index in [1.54, 1.807) is 0 Å². The second kappa shape index (κ2) is 3.85. The van der Waals surface area contributed by atoms with Gasteiger partial charge in [-0.1, -0.05) is 6.92 Å². The first-order valence-corrected chi connectivity index (χ1v) is 3.52. The fraction of sp³-hybridized carbons (Fsp3) is 1.00. The fourth-order valence-corrected chi connectivity index (χ4v) is 0.453. The smallest absolute Gasteiger partial charge is 0.0458 e. The molecule has 0 aromatic rings. The van der Waals surface area contributed by atoms with E-state index in [4.69, 9.17) is 0 Å². The van der Waals surface area contributed by atoms with Crippen LogP contribution in [0.3, 0.4) is 0 Å². The Balaban J connectivity index is 3.07. The molecule has 0 saturated carbocycles. The van der Waals surface area contributed by atoms with Gasteiger partial charge in [-0.25, -0.2) is 0 Å². The maximum absolute atomic E-state index is 3.31. The highest BCUT2D eigenvalue weighted by Gasteiger charge is 2.05. The van der Waals surface area contributed by atoms with E-state index in [0.717, 1.165) is 13.2 Å². The zero-order chi connectivity index (χ0) is 7.33. The van der Waals surface area contributed by atoms with Crippen LogP contribution < -0.4 is 10.6 Å². The van der Waals surface area contributed by atoms with Crippen LogP contribution in [0.5, 0.6) is 0 Å². The van der Waals surface area contributed by atoms with Gasteiger partial charge >= 0.3 is 0 Å². The molecule has 0 aromatic carbocycles. The summed E-state index contributed by atoms with van der Waals surface area (Å²) >= 11 is 0. The van der Waals surface area contributed by atoms with Crippen molar-refractivity contribution in [3.8, 4) is 0 Å². The van der Waals surface area contributed by atoms with Crippen LogP contribution in [-0.4, -0.2) is 18.8 Å². The molecule has 56 valence electrons. The fourth-order valence-electron chi connectivity index (χ4n) is 0.453. The minimum atomic E-state index is 0.238. The van der Waals surface area contributed by atoms with Gasteiger partial charge in [0.2, 0.25) is 0 Å². The molecule has 9 heavy (non-hydrogen) atoms. The number of hydrogen-bond acceptors (Lipinski definition) is 2. The summed E-state index contributed by atoms with van der Waals surface area (Å²) in [4.78, 5) is 0. The zero-order valence-corrected chi connectivity index (χ0v) is 6.91. The highest BCUT2D eigenvalue weighted by atomic mass is 15.1. The molecular formula is C7H18N2. The Morgan fingerprint density at radius 2 is 1.78 bits per heavy atom. The maximum Gasteiger partial charge on any atom is 0.0458 e. The van der Waals surface area contributed by atoms with Gasteiger partial charge in [-0.15, -0.1) is 0 Å². The summed E-state index contributed by atoms with van der Waals surface area (Å²) in [5.41, 5.74) is 0.238. The van der Waals surface area contributed by atoms with Crippen molar-refractivity contribution in [2.75, 3.05) is 13.2 Å². The molecule has 0 bridgehead atoms. The summed E-state index contributed by atoms with van der Waals surface area (Å²) in [5.74, 6) is 0. The second-order valence-corrected chi connectivity index (χ2v) is 3.21. The van der Waals surface area contributed by atoms with Crippen molar-refractivity contribution < 1.29 is 0 Å². The molecule has 0 saturated heterocycles. The van der Waals surface area contributed by atoms with Crippen LogP contribution >= 0.6 is 0 Å². The molecular weight excluding hydrogens is 112 g/mol. The van der Waals surface area contributed by atoms with Gasteiger partial charge in [0.1, 0.15) is 0 Å². The van der Waals surface area contributed by atoms with E-state index in [-0.39, 0.29) is 5.54 Å². The number of hydrogen-bond donors (Lipinski definition) is 2. The molecule has 0 aromatic heterocycles. The lowest BCUT2D eigenvalue weighted by Crippen LogP contribution is -2.41. The van der Waals surface area contributed by atoms with Gasteiger partial charge in [0.15, 0.2) is 0 Å². The molecule has 0 spiro atoms. The Labute approximate surface area is 58.0 Å². The minimum Gasteiger partial charge on any atom is -0.305 e. The van der Waals surface area contributed by atoms with Crippen molar-refractivity contribution in [2.45, 2.75) is 33.2 Å². The van der Waals surface area contributed by atoms with Gasteiger partial charge in [0, 0.05) is 12.2 Å². The maximum atomic E-state index is 3.31. The number of nitrogens with one attached hydrogen (secondary N) is 2. The SMILES string of the molecule is CCNCNC(C)(C)C. The van der Waals surface area contributed by atoms with Crippen molar-refractivity contribution in [1.82, 2.24) is 10.6 Å². The van der Waals surface area contributed by atoms with E-state index in [9.17, 15) is 0 Å². The summed E-state index contributed by atoms with van der Waals surface area (Å²) < 4.78 is 0. The summed E-state index contributed by atoms with van der Waals surface area (Å²) in [7, 11) is 0. The van der Waals surface area contributed by atoms with Crippen LogP contribution in [0.2, 0.25) is 0 Å². The van der Waals surface area contributed by atoms with E-state index in [0.29, 0.717) is 0 Å². The molecule has 0 atom stereocenters. The van der Waals surface area contributed by atoms with E-state index in [1.807, 2.05) is 0 Å². The third kappa shape index (κ3) is 7.92. The summed E-state index contributed by atoms with van der Waals surface area (Å²) in [5, 5.41) is 6.51. The largest absolute Gasteiger partial charge is 0.305 e. The average Bonchev–Trinajstić information content (AvgIpc) is 1.63. The Bertz CT molecular complexity index is 63.8. The van der Waals surface area contributed by atoms with E-state index >= 15 is 0 Å². The summed E-state index contributed by atoms with van der Waals surface area (Å²) in [6, 6.07) is 0. The Kier molecular flexibility index (Phi) is 3.82. The third-order valence-electron chi connectivity index (χ3n) is 0.994. The van der Waals surface area contributed by atoms with Gasteiger partial charge < -0.3 is 5.32 Å². The van der Waals surface area contributed by atoms with Crippen LogP contribution in [0.4, 0.5) is 0 Å². The van der Waals surface area contributed by atoms with Gasteiger partial charge in [-0.3, -0.25) is 5.32 Å². The molecule has 0 unspecified atom stereocenters. The standard InChI is InChI=1S/C7H18N2/c1-5-8-6-9-7(2,3)4/h8-9H,5-6H2,1-4H3. The van der Waals surface area contributed by atoms with Crippen LogP contribution in [0.1, 0.15) is 27.7 Å². The molecule has 0 rings (SSSR count). The van der Waals surface area contributed by atoms with Crippen LogP contribution in [0.15, 0.2) is 0 Å². The molecule has 0 heterocycles. The topological polar surface area (TPSA) is 24.1 Å². The second-order valence-electron chi connectivity index (χ2n) is 3.21. The van der Waals surface area contributed by atoms with Crippen molar-refractivity contribution in [2.24, 2.45) is 0 Å². The van der Waals surface area contributed by atoms with Gasteiger partial charge in [0.05, 0.1) is 0 Å². The Morgan fingerprint density at radius 3 is 2.11 bits per heavy atom. The third-order valence-corrected chi connectivity index (χ3v) is 0.994. The predicted octanol–water partition coefficient (Wildman–Crippen LogP) is 0.941. The Hall–Kier alpha value is -0.0800. The minimum absolute atomic E-state index is 0.238. The Morgan fingerprint density at radius 1 is 1.22 bits per heavy atom. The molecule has 0 aliphatic rings. The predicted molar refractivity (Wildman–Crippen MR) is 41.4 cm³/mol. The van der Waals surface area contributed by atoms with Crippen molar-refractivity contribution in [1.29, 1.82) is 0 Å². The van der Waals surface area contributed by atoms with Crippen LogP contribution in [0.25, 0.3) is 0 Å². The lowest BCUT2D eigenvalue weighted by Gasteiger charge is -2.20. The summed E-state index contributed by atoms with van der Waals surface area (Å²) in [6.45, 7) is 10.5. The normalized spacial score (nSPS) is 12.0. The van der Waals surface area contributed by atoms with E-state index in [1.165, 1.54) is 0 Å². The first-order valence-electron chi connectivity index (χ1n) is 3.52. The molecule has 0 radical (unpaired) electrons. The highest BCUT2D eigenvalue weighted by Crippen LogP contribution is 1.95. The van der Waals surface area contributed by atoms with Crippen LogP contribution in [-0.2, 0) is 0 Å².